The van der Waals surface area contributed by atoms with E-state index >= 15 is 0 Å². The predicted molar refractivity (Wildman–Crippen MR) is 101 cm³/mol. The summed E-state index contributed by atoms with van der Waals surface area (Å²) in [5.74, 6) is 3.25. The molecule has 3 rings (SSSR count). The smallest absolute Gasteiger partial charge is 0.0735 e. The highest BCUT2D eigenvalue weighted by Crippen LogP contribution is 2.20. The molecule has 0 radical (unpaired) electrons. The summed E-state index contributed by atoms with van der Waals surface area (Å²) < 4.78 is 1.07. The van der Waals surface area contributed by atoms with E-state index in [1.807, 2.05) is 48.5 Å². The van der Waals surface area contributed by atoms with Gasteiger partial charge in [-0.05, 0) is 34.7 Å². The van der Waals surface area contributed by atoms with Gasteiger partial charge in [0.1, 0.15) is 0 Å². The fraction of sp³-hybridized carbons (Fsp3) is 0.0476. The third-order valence-corrected chi connectivity index (χ3v) is 3.96. The molecule has 0 aromatic heterocycles. The zero-order valence-electron chi connectivity index (χ0n) is 12.6. The van der Waals surface area contributed by atoms with Crippen LogP contribution >= 0.6 is 15.9 Å². The van der Waals surface area contributed by atoms with E-state index in [1.54, 1.807) is 0 Å². The Morgan fingerprint density at radius 2 is 1.39 bits per heavy atom. The number of nitrogens with zero attached hydrogens (tertiary/aromatic N) is 1. The van der Waals surface area contributed by atoms with Crippen LogP contribution in [0.5, 0.6) is 0 Å². The molecule has 3 aromatic carbocycles. The normalized spacial score (nSPS) is 9.96. The summed E-state index contributed by atoms with van der Waals surface area (Å²) in [5.41, 5.74) is 4.42. The third-order valence-electron chi connectivity index (χ3n) is 3.47. The van der Waals surface area contributed by atoms with Gasteiger partial charge in [0, 0.05) is 4.47 Å². The molecular weight excluding hydrogens is 346 g/mol. The van der Waals surface area contributed by atoms with Gasteiger partial charge in [-0.1, -0.05) is 88.7 Å². The van der Waals surface area contributed by atoms with Gasteiger partial charge in [0.15, 0.2) is 0 Å². The molecule has 0 heterocycles. The summed E-state index contributed by atoms with van der Waals surface area (Å²) >= 11 is 3.49. The molecule has 0 N–H and O–H groups in total. The molecular formula is C21H16BrN. The Morgan fingerprint density at radius 3 is 1.96 bits per heavy atom. The van der Waals surface area contributed by atoms with Crippen LogP contribution in [0.1, 0.15) is 16.7 Å². The third kappa shape index (κ3) is 4.29. The SMILES string of the molecule is Brc1cccc(CN=C=C(c2ccccc2)c2ccccc2)c1. The largest absolute Gasteiger partial charge is 0.238 e. The van der Waals surface area contributed by atoms with Crippen LogP contribution in [0, 0.1) is 0 Å². The molecule has 2 heteroatoms. The van der Waals surface area contributed by atoms with Crippen molar-refractivity contribution < 1.29 is 0 Å². The lowest BCUT2D eigenvalue weighted by molar-refractivity contribution is 1.08. The van der Waals surface area contributed by atoms with Crippen molar-refractivity contribution >= 4 is 27.4 Å². The first kappa shape index (κ1) is 15.5. The second kappa shape index (κ2) is 7.73. The van der Waals surface area contributed by atoms with Gasteiger partial charge in [0.2, 0.25) is 0 Å². The maximum atomic E-state index is 4.53. The first-order chi connectivity index (χ1) is 11.3. The molecule has 0 atom stereocenters. The number of hydrogen-bond acceptors (Lipinski definition) is 1. The van der Waals surface area contributed by atoms with E-state index in [9.17, 15) is 0 Å². The van der Waals surface area contributed by atoms with E-state index in [1.165, 1.54) is 0 Å². The average Bonchev–Trinajstić information content (AvgIpc) is 2.60. The fourth-order valence-electron chi connectivity index (χ4n) is 2.35. The molecule has 3 aromatic rings. The molecule has 1 nitrogen and oxygen atoms in total. The monoisotopic (exact) mass is 361 g/mol. The van der Waals surface area contributed by atoms with Gasteiger partial charge in [-0.25, -0.2) is 4.99 Å². The van der Waals surface area contributed by atoms with Crippen molar-refractivity contribution in [2.45, 2.75) is 6.54 Å². The molecule has 0 saturated heterocycles. The summed E-state index contributed by atoms with van der Waals surface area (Å²) in [4.78, 5) is 4.53. The average molecular weight is 362 g/mol. The zero-order valence-corrected chi connectivity index (χ0v) is 14.2. The van der Waals surface area contributed by atoms with Gasteiger partial charge in [-0.15, -0.1) is 0 Å². The van der Waals surface area contributed by atoms with E-state index < -0.39 is 0 Å². The van der Waals surface area contributed by atoms with Crippen molar-refractivity contribution in [3.63, 3.8) is 0 Å². The summed E-state index contributed by atoms with van der Waals surface area (Å²) in [5, 5.41) is 0. The van der Waals surface area contributed by atoms with Gasteiger partial charge in [-0.2, -0.15) is 0 Å². The Morgan fingerprint density at radius 1 is 0.783 bits per heavy atom. The van der Waals surface area contributed by atoms with E-state index in [0.29, 0.717) is 6.54 Å². The Balaban J connectivity index is 1.96. The van der Waals surface area contributed by atoms with Gasteiger partial charge in [0.25, 0.3) is 0 Å². The molecule has 0 fully saturated rings. The maximum Gasteiger partial charge on any atom is 0.0735 e. The van der Waals surface area contributed by atoms with Crippen molar-refractivity contribution in [1.29, 1.82) is 0 Å². The Bertz CT molecular complexity index is 790. The Kier molecular flexibility index (Phi) is 5.21. The van der Waals surface area contributed by atoms with Crippen LogP contribution in [0.3, 0.4) is 0 Å². The van der Waals surface area contributed by atoms with Crippen molar-refractivity contribution in [3.8, 4) is 0 Å². The lowest BCUT2D eigenvalue weighted by atomic mass is 9.99. The number of halogens is 1. The van der Waals surface area contributed by atoms with Crippen LogP contribution in [-0.4, -0.2) is 5.87 Å². The van der Waals surface area contributed by atoms with Gasteiger partial charge in [-0.3, -0.25) is 0 Å². The second-order valence-electron chi connectivity index (χ2n) is 5.17. The summed E-state index contributed by atoms with van der Waals surface area (Å²) in [7, 11) is 0. The molecule has 0 spiro atoms. The standard InChI is InChI=1S/C21H16BrN/c22-20-13-7-8-17(14-20)15-23-16-21(18-9-3-1-4-10-18)19-11-5-2-6-12-19/h1-14H,15H2. The minimum atomic E-state index is 0.614. The lowest BCUT2D eigenvalue weighted by Gasteiger charge is -2.04. The topological polar surface area (TPSA) is 12.4 Å². The quantitative estimate of drug-likeness (QED) is 0.524. The number of aliphatic imine (C=N–C) groups is 1. The molecule has 0 saturated carbocycles. The van der Waals surface area contributed by atoms with Crippen molar-refractivity contribution in [3.05, 3.63) is 106 Å². The fourth-order valence-corrected chi connectivity index (χ4v) is 2.80. The van der Waals surface area contributed by atoms with E-state index in [4.69, 9.17) is 0 Å². The van der Waals surface area contributed by atoms with Gasteiger partial charge in [0.05, 0.1) is 12.1 Å². The summed E-state index contributed by atoms with van der Waals surface area (Å²) in [6, 6.07) is 28.7. The molecule has 0 bridgehead atoms. The number of hydrogen-bond donors (Lipinski definition) is 0. The second-order valence-corrected chi connectivity index (χ2v) is 6.08. The molecule has 0 aliphatic carbocycles. The van der Waals surface area contributed by atoms with Crippen LogP contribution in [0.15, 0.2) is 94.4 Å². The van der Waals surface area contributed by atoms with Crippen LogP contribution in [-0.2, 0) is 6.54 Å². The molecule has 23 heavy (non-hydrogen) atoms. The Labute approximate surface area is 145 Å². The highest BCUT2D eigenvalue weighted by molar-refractivity contribution is 9.10. The van der Waals surface area contributed by atoms with Crippen molar-refractivity contribution in [2.24, 2.45) is 4.99 Å². The van der Waals surface area contributed by atoms with E-state index in [0.717, 1.165) is 26.7 Å². The minimum Gasteiger partial charge on any atom is -0.238 e. The summed E-state index contributed by atoms with van der Waals surface area (Å²) in [6.45, 7) is 0.614. The van der Waals surface area contributed by atoms with Crippen LogP contribution in [0.2, 0.25) is 0 Å². The highest BCUT2D eigenvalue weighted by Gasteiger charge is 2.03. The van der Waals surface area contributed by atoms with Crippen molar-refractivity contribution in [2.75, 3.05) is 0 Å². The Hall–Kier alpha value is -2.41. The van der Waals surface area contributed by atoms with Crippen molar-refractivity contribution in [1.82, 2.24) is 0 Å². The number of rotatable bonds is 4. The maximum absolute atomic E-state index is 4.53. The van der Waals surface area contributed by atoms with Gasteiger partial charge < -0.3 is 0 Å². The molecule has 0 unspecified atom stereocenters. The first-order valence-corrected chi connectivity index (χ1v) is 8.27. The van der Waals surface area contributed by atoms with E-state index in [-0.39, 0.29) is 0 Å². The highest BCUT2D eigenvalue weighted by atomic mass is 79.9. The predicted octanol–water partition coefficient (Wildman–Crippen LogP) is 5.75. The first-order valence-electron chi connectivity index (χ1n) is 7.48. The molecule has 0 amide bonds. The number of benzene rings is 3. The minimum absolute atomic E-state index is 0.614. The van der Waals surface area contributed by atoms with Gasteiger partial charge >= 0.3 is 0 Å². The molecule has 0 aliphatic heterocycles. The van der Waals surface area contributed by atoms with Crippen LogP contribution in [0.25, 0.3) is 5.57 Å². The zero-order chi connectivity index (χ0) is 15.9. The van der Waals surface area contributed by atoms with Crippen LogP contribution < -0.4 is 0 Å². The lowest BCUT2D eigenvalue weighted by Crippen LogP contribution is -1.89. The molecule has 112 valence electrons. The summed E-state index contributed by atoms with van der Waals surface area (Å²) in [6.07, 6.45) is 0. The molecule has 0 aliphatic rings. The van der Waals surface area contributed by atoms with Crippen LogP contribution in [0.4, 0.5) is 0 Å². The van der Waals surface area contributed by atoms with E-state index in [2.05, 4.69) is 63.2 Å².